The molecule has 2 aromatic carbocycles. The maximum Gasteiger partial charge on any atom is 0.341 e. The van der Waals surface area contributed by atoms with Crippen molar-refractivity contribution in [1.82, 2.24) is 9.55 Å². The van der Waals surface area contributed by atoms with E-state index < -0.39 is 34.5 Å². The van der Waals surface area contributed by atoms with Gasteiger partial charge in [0.15, 0.2) is 11.6 Å². The fourth-order valence-electron chi connectivity index (χ4n) is 4.29. The van der Waals surface area contributed by atoms with Crippen LogP contribution in [0.15, 0.2) is 65.7 Å². The van der Waals surface area contributed by atoms with Crippen LogP contribution in [0.5, 0.6) is 5.75 Å². The molecule has 0 unspecified atom stereocenters. The van der Waals surface area contributed by atoms with Gasteiger partial charge in [-0.05, 0) is 17.7 Å². The van der Waals surface area contributed by atoms with Gasteiger partial charge in [-0.2, -0.15) is 0 Å². The number of ether oxygens (including phenoxy) is 1. The van der Waals surface area contributed by atoms with E-state index in [-0.39, 0.29) is 28.9 Å². The average molecular weight is 475 g/mol. The van der Waals surface area contributed by atoms with E-state index in [1.165, 1.54) is 6.20 Å². The van der Waals surface area contributed by atoms with Gasteiger partial charge in [-0.1, -0.05) is 36.4 Å². The van der Waals surface area contributed by atoms with E-state index >= 15 is 4.39 Å². The number of carbonyl (C=O) groups is 1. The standard InChI is InChI=1S/C25H22FN5O4/c26-19-20(27)18-22-24(21(19)30-11-10-29-17-8-4-5-9-28-17)35-13-16(14-6-2-1-3-7-14)31(22)12-15(23(18)32)25(33)34/h1-9,12,16,30H,10-11,13,27H2,(H,28,29)(H,33,34)/t16-/m0/s1. The molecule has 0 bridgehead atoms. The number of halogens is 1. The Hall–Kier alpha value is -4.60. The van der Waals surface area contributed by atoms with Crippen LogP contribution in [0, 0.1) is 5.82 Å². The van der Waals surface area contributed by atoms with E-state index in [2.05, 4.69) is 15.6 Å². The second kappa shape index (κ2) is 8.98. The number of anilines is 3. The second-order valence-corrected chi connectivity index (χ2v) is 8.05. The van der Waals surface area contributed by atoms with Gasteiger partial charge in [-0.3, -0.25) is 4.79 Å². The third-order valence-electron chi connectivity index (χ3n) is 5.94. The minimum absolute atomic E-state index is 0.0144. The highest BCUT2D eigenvalue weighted by molar-refractivity contribution is 6.03. The maximum atomic E-state index is 15.4. The van der Waals surface area contributed by atoms with Crippen LogP contribution < -0.4 is 26.5 Å². The monoisotopic (exact) mass is 475 g/mol. The van der Waals surface area contributed by atoms with E-state index in [0.717, 1.165) is 5.56 Å². The van der Waals surface area contributed by atoms with Gasteiger partial charge in [-0.15, -0.1) is 0 Å². The lowest BCUT2D eigenvalue weighted by Crippen LogP contribution is -2.30. The summed E-state index contributed by atoms with van der Waals surface area (Å²) in [5.74, 6) is -1.49. The molecule has 9 nitrogen and oxygen atoms in total. The van der Waals surface area contributed by atoms with Crippen LogP contribution >= 0.6 is 0 Å². The van der Waals surface area contributed by atoms with Crippen molar-refractivity contribution < 1.29 is 19.0 Å². The molecule has 35 heavy (non-hydrogen) atoms. The summed E-state index contributed by atoms with van der Waals surface area (Å²) in [5, 5.41) is 15.5. The molecule has 10 heteroatoms. The Kier molecular flexibility index (Phi) is 5.69. The lowest BCUT2D eigenvalue weighted by molar-refractivity contribution is 0.0694. The summed E-state index contributed by atoms with van der Waals surface area (Å²) in [6, 6.07) is 14.3. The van der Waals surface area contributed by atoms with Gasteiger partial charge in [0.25, 0.3) is 0 Å². The molecule has 0 fully saturated rings. The number of nitrogens with zero attached hydrogens (tertiary/aromatic N) is 2. The normalized spacial score (nSPS) is 14.4. The Morgan fingerprint density at radius 3 is 2.63 bits per heavy atom. The Balaban J connectivity index is 1.61. The molecule has 1 aliphatic heterocycles. The summed E-state index contributed by atoms with van der Waals surface area (Å²) in [6.07, 6.45) is 2.94. The van der Waals surface area contributed by atoms with Crippen LogP contribution in [-0.2, 0) is 0 Å². The average Bonchev–Trinajstić information content (AvgIpc) is 2.88. The first-order valence-electron chi connectivity index (χ1n) is 11.0. The lowest BCUT2D eigenvalue weighted by atomic mass is 10.0. The SMILES string of the molecule is Nc1c(F)c(NCCNc2ccccn2)c2c3c1c(=O)c(C(=O)O)cn3[C@H](c1ccccc1)CO2. The minimum atomic E-state index is -1.41. The highest BCUT2D eigenvalue weighted by atomic mass is 19.1. The van der Waals surface area contributed by atoms with Crippen LogP contribution in [0.2, 0.25) is 0 Å². The number of carboxylic acid groups (broad SMARTS) is 1. The van der Waals surface area contributed by atoms with Crippen molar-refractivity contribution in [3.05, 3.63) is 88.1 Å². The predicted octanol–water partition coefficient (Wildman–Crippen LogP) is 3.32. The number of nitrogens with two attached hydrogens (primary N) is 1. The topological polar surface area (TPSA) is 131 Å². The van der Waals surface area contributed by atoms with E-state index in [0.29, 0.717) is 18.9 Å². The Bertz CT molecular complexity index is 1470. The number of benzene rings is 2. The molecule has 2 aromatic heterocycles. The quantitative estimate of drug-likeness (QED) is 0.236. The van der Waals surface area contributed by atoms with E-state index in [1.54, 1.807) is 16.8 Å². The smallest absolute Gasteiger partial charge is 0.341 e. The van der Waals surface area contributed by atoms with Gasteiger partial charge in [0.2, 0.25) is 5.43 Å². The van der Waals surface area contributed by atoms with E-state index in [4.69, 9.17) is 10.5 Å². The molecule has 0 saturated carbocycles. The van der Waals surface area contributed by atoms with Crippen LogP contribution in [0.25, 0.3) is 10.9 Å². The Morgan fingerprint density at radius 2 is 1.91 bits per heavy atom. The molecule has 3 heterocycles. The molecule has 0 radical (unpaired) electrons. The molecule has 5 N–H and O–H groups in total. The molecular weight excluding hydrogens is 453 g/mol. The van der Waals surface area contributed by atoms with Crippen LogP contribution in [0.1, 0.15) is 22.0 Å². The zero-order valence-electron chi connectivity index (χ0n) is 18.5. The number of hydrogen-bond donors (Lipinski definition) is 4. The largest absolute Gasteiger partial charge is 0.487 e. The third kappa shape index (κ3) is 3.88. The number of pyridine rings is 2. The number of rotatable bonds is 7. The summed E-state index contributed by atoms with van der Waals surface area (Å²) in [7, 11) is 0. The van der Waals surface area contributed by atoms with Gasteiger partial charge in [-0.25, -0.2) is 14.2 Å². The van der Waals surface area contributed by atoms with Crippen LogP contribution in [-0.4, -0.2) is 40.3 Å². The molecule has 1 aliphatic rings. The summed E-state index contributed by atoms with van der Waals surface area (Å²) in [6.45, 7) is 0.831. The van der Waals surface area contributed by atoms with Gasteiger partial charge in [0.05, 0.1) is 22.6 Å². The first-order chi connectivity index (χ1) is 17.0. The Morgan fingerprint density at radius 1 is 1.17 bits per heavy atom. The third-order valence-corrected chi connectivity index (χ3v) is 5.94. The summed E-state index contributed by atoms with van der Waals surface area (Å²) in [5.41, 5.74) is 5.41. The first kappa shape index (κ1) is 22.2. The predicted molar refractivity (Wildman–Crippen MR) is 131 cm³/mol. The van der Waals surface area contributed by atoms with Crippen molar-refractivity contribution >= 4 is 34.1 Å². The van der Waals surface area contributed by atoms with Crippen molar-refractivity contribution in [2.45, 2.75) is 6.04 Å². The second-order valence-electron chi connectivity index (χ2n) is 8.05. The summed E-state index contributed by atoms with van der Waals surface area (Å²) >= 11 is 0. The molecule has 1 atom stereocenters. The molecule has 0 spiro atoms. The molecule has 0 aliphatic carbocycles. The minimum Gasteiger partial charge on any atom is -0.487 e. The molecule has 5 rings (SSSR count). The van der Waals surface area contributed by atoms with Crippen molar-refractivity contribution in [3.63, 3.8) is 0 Å². The fourth-order valence-corrected chi connectivity index (χ4v) is 4.29. The number of hydrogen-bond acceptors (Lipinski definition) is 7. The number of aromatic nitrogens is 2. The van der Waals surface area contributed by atoms with Gasteiger partial charge in [0, 0.05) is 25.5 Å². The maximum absolute atomic E-state index is 15.4. The molecule has 0 saturated heterocycles. The molecule has 4 aromatic rings. The zero-order chi connectivity index (χ0) is 24.5. The first-order valence-corrected chi connectivity index (χ1v) is 11.0. The van der Waals surface area contributed by atoms with Crippen molar-refractivity contribution in [2.75, 3.05) is 36.1 Å². The highest BCUT2D eigenvalue weighted by Crippen LogP contribution is 2.44. The van der Waals surface area contributed by atoms with Crippen LogP contribution in [0.3, 0.4) is 0 Å². The van der Waals surface area contributed by atoms with Gasteiger partial charge < -0.3 is 30.8 Å². The zero-order valence-corrected chi connectivity index (χ0v) is 18.5. The van der Waals surface area contributed by atoms with Crippen LogP contribution in [0.4, 0.5) is 21.6 Å². The summed E-state index contributed by atoms with van der Waals surface area (Å²) in [4.78, 5) is 29.0. The lowest BCUT2D eigenvalue weighted by Gasteiger charge is -2.31. The number of nitrogens with one attached hydrogen (secondary N) is 2. The van der Waals surface area contributed by atoms with E-state index in [9.17, 15) is 14.7 Å². The fraction of sp³-hybridized carbons (Fsp3) is 0.160. The Labute approximate surface area is 199 Å². The van der Waals surface area contributed by atoms with E-state index in [1.807, 2.05) is 42.5 Å². The van der Waals surface area contributed by atoms with Crippen molar-refractivity contribution in [1.29, 1.82) is 0 Å². The molecule has 0 amide bonds. The summed E-state index contributed by atoms with van der Waals surface area (Å²) < 4.78 is 23.1. The highest BCUT2D eigenvalue weighted by Gasteiger charge is 2.32. The molecule has 178 valence electrons. The van der Waals surface area contributed by atoms with Crippen molar-refractivity contribution in [2.24, 2.45) is 0 Å². The molecular formula is C25H22FN5O4. The number of carboxylic acids is 1. The number of aromatic carboxylic acids is 1. The number of nitrogen functional groups attached to an aromatic ring is 1. The van der Waals surface area contributed by atoms with Gasteiger partial charge in [0.1, 0.15) is 23.7 Å². The van der Waals surface area contributed by atoms with Gasteiger partial charge >= 0.3 is 5.97 Å². The van der Waals surface area contributed by atoms with Crippen molar-refractivity contribution in [3.8, 4) is 5.75 Å².